The number of hydrogen-bond acceptors (Lipinski definition) is 3. The maximum Gasteiger partial charge on any atom is 0.307 e. The molecular weight excluding hydrogens is 378 g/mol. The van der Waals surface area contributed by atoms with Crippen LogP contribution in [0.15, 0.2) is 36.4 Å². The first kappa shape index (κ1) is 18.7. The second-order valence-electron chi connectivity index (χ2n) is 7.62. The van der Waals surface area contributed by atoms with E-state index in [-0.39, 0.29) is 17.7 Å². The molecule has 4 atom stereocenters. The summed E-state index contributed by atoms with van der Waals surface area (Å²) in [5.74, 6) is -2.41. The Kier molecular flexibility index (Phi) is 4.75. The third-order valence-corrected chi connectivity index (χ3v) is 6.32. The van der Waals surface area contributed by atoms with Gasteiger partial charge in [0.15, 0.2) is 0 Å². The van der Waals surface area contributed by atoms with Crippen LogP contribution in [0.2, 0.25) is 5.02 Å². The fourth-order valence-electron chi connectivity index (χ4n) is 4.54. The van der Waals surface area contributed by atoms with Gasteiger partial charge in [-0.15, -0.1) is 0 Å². The van der Waals surface area contributed by atoms with Crippen molar-refractivity contribution in [1.29, 1.82) is 0 Å². The fraction of sp³-hybridized carbons (Fsp3) is 0.381. The van der Waals surface area contributed by atoms with Crippen LogP contribution >= 0.6 is 11.6 Å². The SMILES string of the molecule is Cc1nn(Cc2ccccc2Cl)c(C)c1NC(=O)[C@@H]1[C@@H](C(=O)O)[C@H]2C=C[C@H]1C2. The Balaban J connectivity index is 1.56. The highest BCUT2D eigenvalue weighted by Gasteiger charge is 2.51. The number of fused-ring (bicyclic) bond motifs is 2. The van der Waals surface area contributed by atoms with Crippen molar-refractivity contribution < 1.29 is 14.7 Å². The van der Waals surface area contributed by atoms with Crippen LogP contribution in [0.1, 0.15) is 23.4 Å². The molecule has 0 unspecified atom stereocenters. The van der Waals surface area contributed by atoms with E-state index in [0.29, 0.717) is 22.9 Å². The zero-order valence-electron chi connectivity index (χ0n) is 15.7. The average Bonchev–Trinajstić information content (AvgIpc) is 3.33. The summed E-state index contributed by atoms with van der Waals surface area (Å²) in [6.45, 7) is 4.22. The van der Waals surface area contributed by atoms with E-state index < -0.39 is 17.8 Å². The Morgan fingerprint density at radius 3 is 2.57 bits per heavy atom. The summed E-state index contributed by atoms with van der Waals surface area (Å²) in [6.07, 6.45) is 4.65. The molecular formula is C21H22ClN3O3. The molecule has 1 aromatic heterocycles. The highest BCUT2D eigenvalue weighted by molar-refractivity contribution is 6.31. The first-order valence-electron chi connectivity index (χ1n) is 9.36. The molecule has 6 nitrogen and oxygen atoms in total. The van der Waals surface area contributed by atoms with Gasteiger partial charge in [-0.25, -0.2) is 0 Å². The van der Waals surface area contributed by atoms with Gasteiger partial charge in [0.25, 0.3) is 0 Å². The van der Waals surface area contributed by atoms with Gasteiger partial charge in [-0.05, 0) is 43.7 Å². The molecule has 0 aliphatic heterocycles. The van der Waals surface area contributed by atoms with Gasteiger partial charge in [0.1, 0.15) is 0 Å². The number of aryl methyl sites for hydroxylation is 1. The summed E-state index contributed by atoms with van der Waals surface area (Å²) in [5, 5.41) is 17.7. The molecule has 1 heterocycles. The monoisotopic (exact) mass is 399 g/mol. The lowest BCUT2D eigenvalue weighted by Gasteiger charge is -2.23. The number of carboxylic acid groups (broad SMARTS) is 1. The average molecular weight is 400 g/mol. The van der Waals surface area contributed by atoms with E-state index in [1.165, 1.54) is 0 Å². The molecule has 2 N–H and O–H groups in total. The molecule has 1 aromatic carbocycles. The standard InChI is InChI=1S/C21H22ClN3O3/c1-11-19(12(2)25(24-11)10-15-5-3-4-6-16(15)22)23-20(26)17-13-7-8-14(9-13)18(17)21(27)28/h3-8,13-14,17-18H,9-10H2,1-2H3,(H,23,26)(H,27,28)/t13-,14-,17-,18-/m0/s1. The first-order valence-corrected chi connectivity index (χ1v) is 9.74. The number of nitrogens with one attached hydrogen (secondary N) is 1. The van der Waals surface area contributed by atoms with Crippen molar-refractivity contribution in [2.75, 3.05) is 5.32 Å². The van der Waals surface area contributed by atoms with E-state index in [9.17, 15) is 14.7 Å². The molecule has 2 aromatic rings. The number of halogens is 1. The summed E-state index contributed by atoms with van der Waals surface area (Å²) in [5.41, 5.74) is 3.10. The van der Waals surface area contributed by atoms with E-state index >= 15 is 0 Å². The minimum absolute atomic E-state index is 0.00937. The summed E-state index contributed by atoms with van der Waals surface area (Å²) in [4.78, 5) is 24.7. The third kappa shape index (κ3) is 3.11. The van der Waals surface area contributed by atoms with Crippen LogP contribution in [-0.4, -0.2) is 26.8 Å². The summed E-state index contributed by atoms with van der Waals surface area (Å²) in [7, 11) is 0. The van der Waals surface area contributed by atoms with Gasteiger partial charge in [-0.3, -0.25) is 14.3 Å². The number of aliphatic carboxylic acids is 1. The van der Waals surface area contributed by atoms with Crippen LogP contribution in [0.4, 0.5) is 5.69 Å². The number of carboxylic acids is 1. The number of allylic oxidation sites excluding steroid dienone is 2. The Hall–Kier alpha value is -2.60. The number of nitrogens with zero attached hydrogens (tertiary/aromatic N) is 2. The predicted octanol–water partition coefficient (Wildman–Crippen LogP) is 3.66. The first-order chi connectivity index (χ1) is 13.4. The van der Waals surface area contributed by atoms with Crippen molar-refractivity contribution in [2.45, 2.75) is 26.8 Å². The second kappa shape index (κ2) is 7.09. The van der Waals surface area contributed by atoms with E-state index in [4.69, 9.17) is 11.6 Å². The molecule has 1 amide bonds. The van der Waals surface area contributed by atoms with Gasteiger partial charge >= 0.3 is 5.97 Å². The van der Waals surface area contributed by atoms with Gasteiger partial charge in [0, 0.05) is 5.02 Å². The van der Waals surface area contributed by atoms with Crippen molar-refractivity contribution in [2.24, 2.45) is 23.7 Å². The number of carbonyl (C=O) groups is 2. The van der Waals surface area contributed by atoms with Crippen molar-refractivity contribution >= 4 is 29.2 Å². The molecule has 4 rings (SSSR count). The van der Waals surface area contributed by atoms with Gasteiger partial charge in [0.05, 0.1) is 35.5 Å². The lowest BCUT2D eigenvalue weighted by atomic mass is 9.82. The number of amides is 1. The number of hydrogen-bond donors (Lipinski definition) is 2. The quantitative estimate of drug-likeness (QED) is 0.751. The molecule has 1 fully saturated rings. The number of carbonyl (C=O) groups excluding carboxylic acids is 1. The molecule has 0 spiro atoms. The van der Waals surface area contributed by atoms with Crippen molar-refractivity contribution in [3.8, 4) is 0 Å². The topological polar surface area (TPSA) is 84.2 Å². The highest BCUT2D eigenvalue weighted by atomic mass is 35.5. The number of anilines is 1. The molecule has 2 aliphatic carbocycles. The zero-order valence-corrected chi connectivity index (χ0v) is 16.5. The van der Waals surface area contributed by atoms with E-state index in [1.54, 1.807) is 0 Å². The van der Waals surface area contributed by atoms with E-state index in [0.717, 1.165) is 17.7 Å². The van der Waals surface area contributed by atoms with Crippen LogP contribution in [0.5, 0.6) is 0 Å². The lowest BCUT2D eigenvalue weighted by molar-refractivity contribution is -0.146. The summed E-state index contributed by atoms with van der Waals surface area (Å²) < 4.78 is 1.81. The Morgan fingerprint density at radius 1 is 1.21 bits per heavy atom. The molecule has 2 aliphatic rings. The summed E-state index contributed by atoms with van der Waals surface area (Å²) in [6, 6.07) is 7.57. The van der Waals surface area contributed by atoms with Gasteiger partial charge in [0.2, 0.25) is 5.91 Å². The van der Waals surface area contributed by atoms with Gasteiger partial charge in [-0.1, -0.05) is 42.0 Å². The van der Waals surface area contributed by atoms with E-state index in [2.05, 4.69) is 10.4 Å². The molecule has 2 bridgehead atoms. The Morgan fingerprint density at radius 2 is 1.89 bits per heavy atom. The molecule has 146 valence electrons. The van der Waals surface area contributed by atoms with Gasteiger partial charge in [-0.2, -0.15) is 5.10 Å². The highest BCUT2D eigenvalue weighted by Crippen LogP contribution is 2.48. The van der Waals surface area contributed by atoms with Gasteiger partial charge < -0.3 is 10.4 Å². The van der Waals surface area contributed by atoms with Crippen LogP contribution in [0.25, 0.3) is 0 Å². The Labute approximate surface area is 168 Å². The van der Waals surface area contributed by atoms with Crippen LogP contribution in [0.3, 0.4) is 0 Å². The zero-order chi connectivity index (χ0) is 20.0. The van der Waals surface area contributed by atoms with Crippen LogP contribution in [-0.2, 0) is 16.1 Å². The second-order valence-corrected chi connectivity index (χ2v) is 8.03. The largest absolute Gasteiger partial charge is 0.481 e. The predicted molar refractivity (Wildman–Crippen MR) is 106 cm³/mol. The summed E-state index contributed by atoms with van der Waals surface area (Å²) >= 11 is 6.25. The van der Waals surface area contributed by atoms with Crippen molar-refractivity contribution in [1.82, 2.24) is 9.78 Å². The minimum Gasteiger partial charge on any atom is -0.481 e. The molecule has 0 saturated heterocycles. The molecule has 7 heteroatoms. The number of aromatic nitrogens is 2. The van der Waals surface area contributed by atoms with E-state index in [1.807, 2.05) is 54.9 Å². The lowest BCUT2D eigenvalue weighted by Crippen LogP contribution is -2.36. The molecule has 0 radical (unpaired) electrons. The third-order valence-electron chi connectivity index (χ3n) is 5.95. The van der Waals surface area contributed by atoms with Crippen molar-refractivity contribution in [3.63, 3.8) is 0 Å². The molecule has 1 saturated carbocycles. The maximum absolute atomic E-state index is 13.0. The smallest absolute Gasteiger partial charge is 0.307 e. The fourth-order valence-corrected chi connectivity index (χ4v) is 4.74. The normalized spacial score (nSPS) is 25.2. The maximum atomic E-state index is 13.0. The number of benzene rings is 1. The number of rotatable bonds is 5. The minimum atomic E-state index is -0.903. The van der Waals surface area contributed by atoms with Crippen LogP contribution in [0, 0.1) is 37.5 Å². The Bertz CT molecular complexity index is 981. The molecule has 28 heavy (non-hydrogen) atoms. The van der Waals surface area contributed by atoms with Crippen molar-refractivity contribution in [3.05, 3.63) is 58.4 Å². The van der Waals surface area contributed by atoms with Crippen LogP contribution < -0.4 is 5.32 Å².